The molecule has 0 saturated carbocycles. The molecule has 2 saturated heterocycles. The Balaban J connectivity index is 1.15. The van der Waals surface area contributed by atoms with E-state index >= 15 is 0 Å². The minimum absolute atomic E-state index is 0.0364. The summed E-state index contributed by atoms with van der Waals surface area (Å²) in [6, 6.07) is 11.6. The van der Waals surface area contributed by atoms with E-state index in [2.05, 4.69) is 30.1 Å². The van der Waals surface area contributed by atoms with Crippen LogP contribution in [0, 0.1) is 19.8 Å². The van der Waals surface area contributed by atoms with E-state index in [1.54, 1.807) is 14.2 Å². The number of methoxy groups -OCH3 is 2. The molecule has 0 spiro atoms. The highest BCUT2D eigenvalue weighted by Crippen LogP contribution is 2.34. The van der Waals surface area contributed by atoms with E-state index in [0.717, 1.165) is 29.7 Å². The van der Waals surface area contributed by atoms with Crippen LogP contribution in [0.2, 0.25) is 0 Å². The number of aryl methyl sites for hydroxylation is 2. The Hall–Kier alpha value is -3.88. The van der Waals surface area contributed by atoms with Crippen LogP contribution < -0.4 is 14.4 Å². The first kappa shape index (κ1) is 25.8. The van der Waals surface area contributed by atoms with Crippen LogP contribution in [0.4, 0.5) is 5.69 Å². The van der Waals surface area contributed by atoms with Crippen LogP contribution in [0.1, 0.15) is 48.6 Å². The van der Waals surface area contributed by atoms with Gasteiger partial charge in [0.15, 0.2) is 11.5 Å². The second-order valence-electron chi connectivity index (χ2n) is 10.2. The third kappa shape index (κ3) is 5.23. The molecular formula is C29H34N4O5. The number of anilines is 1. The summed E-state index contributed by atoms with van der Waals surface area (Å²) >= 11 is 0. The fraction of sp³-hybridized carbons (Fsp3) is 0.448. The Morgan fingerprint density at radius 2 is 1.79 bits per heavy atom. The van der Waals surface area contributed by atoms with Gasteiger partial charge in [-0.15, -0.1) is 0 Å². The number of ether oxygens (including phenoxy) is 2. The molecule has 1 aromatic heterocycles. The topological polar surface area (TPSA) is 98.0 Å². The number of likely N-dealkylation sites (tertiary alicyclic amines) is 1. The number of hydrogen-bond donors (Lipinski definition) is 0. The van der Waals surface area contributed by atoms with Crippen molar-refractivity contribution in [1.29, 1.82) is 0 Å². The number of benzene rings is 2. The second-order valence-corrected chi connectivity index (χ2v) is 10.2. The summed E-state index contributed by atoms with van der Waals surface area (Å²) in [6.07, 6.45) is 2.33. The molecule has 9 nitrogen and oxygen atoms in total. The van der Waals surface area contributed by atoms with Crippen molar-refractivity contribution in [3.63, 3.8) is 0 Å². The molecule has 3 aromatic rings. The van der Waals surface area contributed by atoms with Gasteiger partial charge in [0.2, 0.25) is 23.5 Å². The largest absolute Gasteiger partial charge is 0.493 e. The van der Waals surface area contributed by atoms with E-state index < -0.39 is 0 Å². The summed E-state index contributed by atoms with van der Waals surface area (Å²) in [4.78, 5) is 34.1. The third-order valence-electron chi connectivity index (χ3n) is 7.75. The smallest absolute Gasteiger partial charge is 0.230 e. The average molecular weight is 519 g/mol. The summed E-state index contributed by atoms with van der Waals surface area (Å²) in [5.74, 6) is 2.67. The lowest BCUT2D eigenvalue weighted by atomic mass is 9.95. The monoisotopic (exact) mass is 518 g/mol. The maximum absolute atomic E-state index is 13.1. The predicted octanol–water partition coefficient (Wildman–Crippen LogP) is 4.52. The van der Waals surface area contributed by atoms with Crippen LogP contribution in [0.3, 0.4) is 0 Å². The van der Waals surface area contributed by atoms with Crippen molar-refractivity contribution in [2.45, 2.75) is 45.4 Å². The molecule has 2 fully saturated rings. The summed E-state index contributed by atoms with van der Waals surface area (Å²) in [5, 5.41) is 4.16. The summed E-state index contributed by atoms with van der Waals surface area (Å²) in [7, 11) is 3.18. The normalized spacial score (nSPS) is 18.2. The van der Waals surface area contributed by atoms with Crippen LogP contribution in [0.5, 0.6) is 11.5 Å². The van der Waals surface area contributed by atoms with Crippen LogP contribution >= 0.6 is 0 Å². The molecule has 200 valence electrons. The molecule has 2 amide bonds. The van der Waals surface area contributed by atoms with Crippen LogP contribution in [-0.4, -0.2) is 60.7 Å². The third-order valence-corrected chi connectivity index (χ3v) is 7.75. The Bertz CT molecular complexity index is 1330. The lowest BCUT2D eigenvalue weighted by Crippen LogP contribution is -2.39. The summed E-state index contributed by atoms with van der Waals surface area (Å²) in [5.41, 5.74) is 4.06. The summed E-state index contributed by atoms with van der Waals surface area (Å²) in [6.45, 7) is 5.98. The zero-order chi connectivity index (χ0) is 26.8. The van der Waals surface area contributed by atoms with E-state index in [-0.39, 0.29) is 23.7 Å². The number of carbonyl (C=O) groups is 2. The molecule has 2 aromatic carbocycles. The summed E-state index contributed by atoms with van der Waals surface area (Å²) < 4.78 is 16.3. The Morgan fingerprint density at radius 1 is 1.03 bits per heavy atom. The van der Waals surface area contributed by atoms with Gasteiger partial charge in [-0.1, -0.05) is 11.2 Å². The SMILES string of the molecule is COc1ccc(-c2noc(C3CCN(C(=O)C[C@H]4CC(=O)N(c5ccc(C)c(C)c5)C4)CC3)n2)cc1OC. The fourth-order valence-corrected chi connectivity index (χ4v) is 5.31. The lowest BCUT2D eigenvalue weighted by molar-refractivity contribution is -0.133. The highest BCUT2D eigenvalue weighted by molar-refractivity contribution is 5.96. The van der Waals surface area contributed by atoms with Gasteiger partial charge in [-0.25, -0.2) is 0 Å². The van der Waals surface area contributed by atoms with E-state index in [9.17, 15) is 9.59 Å². The first-order chi connectivity index (χ1) is 18.4. The fourth-order valence-electron chi connectivity index (χ4n) is 5.31. The van der Waals surface area contributed by atoms with Gasteiger partial charge in [-0.05, 0) is 74.1 Å². The van der Waals surface area contributed by atoms with Gasteiger partial charge < -0.3 is 23.8 Å². The molecule has 0 N–H and O–H groups in total. The van der Waals surface area contributed by atoms with Gasteiger partial charge in [0.1, 0.15) is 0 Å². The van der Waals surface area contributed by atoms with Crippen LogP contribution in [-0.2, 0) is 9.59 Å². The first-order valence-corrected chi connectivity index (χ1v) is 13.1. The van der Waals surface area contributed by atoms with Gasteiger partial charge in [-0.2, -0.15) is 4.98 Å². The number of amides is 2. The number of hydrogen-bond acceptors (Lipinski definition) is 7. The van der Waals surface area contributed by atoms with Gasteiger partial charge in [-0.3, -0.25) is 9.59 Å². The van der Waals surface area contributed by atoms with Crippen molar-refractivity contribution in [3.05, 3.63) is 53.4 Å². The highest BCUT2D eigenvalue weighted by Gasteiger charge is 2.34. The predicted molar refractivity (Wildman–Crippen MR) is 142 cm³/mol. The molecular weight excluding hydrogens is 484 g/mol. The standard InChI is InChI=1S/C29H34N4O5/c1-18-5-7-23(13-19(18)2)33-17-20(15-27(33)35)14-26(34)32-11-9-21(10-12-32)29-30-28(31-38-29)22-6-8-24(36-3)25(16-22)37-4/h5-8,13,16,20-21H,9-12,14-15,17H2,1-4H3/t20-/m0/s1. The van der Waals surface area contributed by atoms with E-state index in [1.165, 1.54) is 5.56 Å². The molecule has 1 atom stereocenters. The molecule has 3 heterocycles. The minimum atomic E-state index is 0.0364. The van der Waals surface area contributed by atoms with Crippen molar-refractivity contribution in [1.82, 2.24) is 15.0 Å². The zero-order valence-electron chi connectivity index (χ0n) is 22.4. The lowest BCUT2D eigenvalue weighted by Gasteiger charge is -2.31. The number of piperidine rings is 1. The first-order valence-electron chi connectivity index (χ1n) is 13.1. The van der Waals surface area contributed by atoms with Crippen molar-refractivity contribution in [3.8, 4) is 22.9 Å². The molecule has 0 bridgehead atoms. The molecule has 2 aliphatic rings. The van der Waals surface area contributed by atoms with Crippen molar-refractivity contribution in [2.75, 3.05) is 38.8 Å². The van der Waals surface area contributed by atoms with Crippen molar-refractivity contribution in [2.24, 2.45) is 5.92 Å². The average Bonchev–Trinajstić information content (AvgIpc) is 3.57. The number of aromatic nitrogens is 2. The van der Waals surface area contributed by atoms with Crippen LogP contribution in [0.15, 0.2) is 40.9 Å². The molecule has 0 radical (unpaired) electrons. The number of carbonyl (C=O) groups excluding carboxylic acids is 2. The number of nitrogens with zero attached hydrogens (tertiary/aromatic N) is 4. The van der Waals surface area contributed by atoms with Gasteiger partial charge in [0, 0.05) is 49.6 Å². The molecule has 0 unspecified atom stereocenters. The van der Waals surface area contributed by atoms with E-state index in [1.807, 2.05) is 40.1 Å². The highest BCUT2D eigenvalue weighted by atomic mass is 16.5. The molecule has 0 aliphatic carbocycles. The maximum atomic E-state index is 13.1. The number of rotatable bonds is 7. The molecule has 2 aliphatic heterocycles. The molecule has 5 rings (SSSR count). The van der Waals surface area contributed by atoms with E-state index in [0.29, 0.717) is 55.7 Å². The van der Waals surface area contributed by atoms with Crippen LogP contribution in [0.25, 0.3) is 11.4 Å². The van der Waals surface area contributed by atoms with Gasteiger partial charge >= 0.3 is 0 Å². The van der Waals surface area contributed by atoms with Crippen molar-refractivity contribution >= 4 is 17.5 Å². The Labute approximate surface area is 222 Å². The molecule has 38 heavy (non-hydrogen) atoms. The second kappa shape index (κ2) is 10.8. The minimum Gasteiger partial charge on any atom is -0.493 e. The Morgan fingerprint density at radius 3 is 2.50 bits per heavy atom. The molecule has 9 heteroatoms. The van der Waals surface area contributed by atoms with Gasteiger partial charge in [0.25, 0.3) is 0 Å². The van der Waals surface area contributed by atoms with Gasteiger partial charge in [0.05, 0.1) is 14.2 Å². The maximum Gasteiger partial charge on any atom is 0.230 e. The van der Waals surface area contributed by atoms with E-state index in [4.69, 9.17) is 14.0 Å². The quantitative estimate of drug-likeness (QED) is 0.454. The van der Waals surface area contributed by atoms with Crippen molar-refractivity contribution < 1.29 is 23.6 Å². The Kier molecular flexibility index (Phi) is 7.35. The zero-order valence-corrected chi connectivity index (χ0v) is 22.4.